The molecule has 0 atom stereocenters. The molecule has 0 amide bonds. The number of rotatable bonds is 0. The first-order valence-corrected chi connectivity index (χ1v) is 12.9. The van der Waals surface area contributed by atoms with Crippen molar-refractivity contribution in [2.24, 2.45) is 0 Å². The van der Waals surface area contributed by atoms with Crippen LogP contribution in [0.15, 0.2) is 85.5 Å². The number of pyridine rings is 4. The van der Waals surface area contributed by atoms with Crippen LogP contribution in [0.5, 0.6) is 0 Å². The van der Waals surface area contributed by atoms with Crippen molar-refractivity contribution in [3.8, 4) is 0 Å². The summed E-state index contributed by atoms with van der Waals surface area (Å²) in [5.74, 6) is 0. The molecular formula is C24H16Cl2N4O5SV. The maximum absolute atomic E-state index is 8.74. The molecule has 4 heterocycles. The first-order chi connectivity index (χ1) is 17.7. The first kappa shape index (κ1) is 28.5. The molecular weight excluding hydrogens is 578 g/mol. The van der Waals surface area contributed by atoms with Gasteiger partial charge >= 0.3 is 31.4 Å². The fourth-order valence-corrected chi connectivity index (χ4v) is 4.01. The van der Waals surface area contributed by atoms with Crippen molar-refractivity contribution < 1.29 is 38.6 Å². The van der Waals surface area contributed by atoms with E-state index in [1.165, 1.54) is 0 Å². The van der Waals surface area contributed by atoms with Crippen LogP contribution in [0.4, 0.5) is 0 Å². The van der Waals surface area contributed by atoms with E-state index in [0.717, 1.165) is 71.0 Å². The van der Waals surface area contributed by atoms with Gasteiger partial charge in [0.15, 0.2) is 0 Å². The molecule has 13 heteroatoms. The second-order valence-electron chi connectivity index (χ2n) is 7.11. The Morgan fingerprint density at radius 3 is 1.24 bits per heavy atom. The summed E-state index contributed by atoms with van der Waals surface area (Å²) in [6.07, 6.45) is 7.05. The summed E-state index contributed by atoms with van der Waals surface area (Å²) in [4.78, 5) is 17.3. The Morgan fingerprint density at radius 2 is 0.892 bits per heavy atom. The van der Waals surface area contributed by atoms with Crippen LogP contribution >= 0.6 is 23.2 Å². The van der Waals surface area contributed by atoms with Gasteiger partial charge in [-0.1, -0.05) is 35.3 Å². The summed E-state index contributed by atoms with van der Waals surface area (Å²) in [6, 6.07) is 19.3. The standard InChI is InChI=1S/2C12H7ClN2.H2O4S.O.V/c2*13-10-7-8-3-1-5-14-11(8)12-9(10)4-2-6-15-12;1-5(2,3)4;;/h2*1-7H;(H2,1,2,3,4);;. The van der Waals surface area contributed by atoms with E-state index in [9.17, 15) is 0 Å². The van der Waals surface area contributed by atoms with Crippen molar-refractivity contribution in [3.05, 3.63) is 95.5 Å². The molecule has 0 bridgehead atoms. The normalized spacial score (nSPS) is 10.6. The fraction of sp³-hybridized carbons (Fsp3) is 0. The number of fused-ring (bicyclic) bond motifs is 6. The van der Waals surface area contributed by atoms with Gasteiger partial charge in [-0.05, 0) is 48.5 Å². The molecule has 0 unspecified atom stereocenters. The SMILES string of the molecule is Clc1cc2cccnc2c2ncccc12.Clc1cc2cccnc2c2ncccc12.O=S(=O)(O)O.[O]=[V]. The van der Waals surface area contributed by atoms with Gasteiger partial charge in [-0.2, -0.15) is 8.42 Å². The second-order valence-corrected chi connectivity index (χ2v) is 8.82. The molecule has 6 aromatic rings. The number of nitrogens with zero attached hydrogens (tertiary/aromatic N) is 4. The number of hydrogen-bond acceptors (Lipinski definition) is 7. The van der Waals surface area contributed by atoms with E-state index in [2.05, 4.69) is 19.9 Å². The second kappa shape index (κ2) is 12.9. The van der Waals surface area contributed by atoms with Crippen molar-refractivity contribution in [2.75, 3.05) is 0 Å². The van der Waals surface area contributed by atoms with Gasteiger partial charge in [-0.25, -0.2) is 0 Å². The van der Waals surface area contributed by atoms with Crippen LogP contribution in [0.3, 0.4) is 0 Å². The maximum atomic E-state index is 8.74. The molecule has 187 valence electrons. The van der Waals surface area contributed by atoms with Crippen LogP contribution in [-0.2, 0) is 31.4 Å². The Balaban J connectivity index is 0.000000166. The van der Waals surface area contributed by atoms with Crippen LogP contribution in [0.2, 0.25) is 10.0 Å². The van der Waals surface area contributed by atoms with Gasteiger partial charge in [0, 0.05) is 46.3 Å². The van der Waals surface area contributed by atoms with Crippen molar-refractivity contribution in [1.29, 1.82) is 0 Å². The molecule has 6 rings (SSSR count). The third kappa shape index (κ3) is 7.46. The van der Waals surface area contributed by atoms with Gasteiger partial charge in [-0.3, -0.25) is 29.0 Å². The topological polar surface area (TPSA) is 143 Å². The number of aromatic nitrogens is 4. The monoisotopic (exact) mass is 593 g/mol. The van der Waals surface area contributed by atoms with Crippen LogP contribution in [-0.4, -0.2) is 37.5 Å². The quantitative estimate of drug-likeness (QED) is 0.158. The zero-order chi connectivity index (χ0) is 27.0. The van der Waals surface area contributed by atoms with E-state index >= 15 is 0 Å². The van der Waals surface area contributed by atoms with Crippen molar-refractivity contribution in [1.82, 2.24) is 19.9 Å². The predicted molar refractivity (Wildman–Crippen MR) is 139 cm³/mol. The summed E-state index contributed by atoms with van der Waals surface area (Å²) in [7, 11) is -4.67. The van der Waals surface area contributed by atoms with E-state index in [1.807, 2.05) is 60.7 Å². The average Bonchev–Trinajstić information content (AvgIpc) is 2.90. The average molecular weight is 594 g/mol. The summed E-state index contributed by atoms with van der Waals surface area (Å²) < 4.78 is 39.8. The molecule has 0 aliphatic heterocycles. The van der Waals surface area contributed by atoms with Crippen LogP contribution < -0.4 is 0 Å². The fourth-order valence-electron chi connectivity index (χ4n) is 3.47. The molecule has 0 fully saturated rings. The molecule has 0 aliphatic rings. The van der Waals surface area contributed by atoms with Crippen molar-refractivity contribution in [2.45, 2.75) is 0 Å². The minimum absolute atomic E-state index is 0.721. The molecule has 4 aromatic heterocycles. The first-order valence-electron chi connectivity index (χ1n) is 10.2. The molecule has 0 spiro atoms. The molecule has 37 heavy (non-hydrogen) atoms. The van der Waals surface area contributed by atoms with E-state index in [1.54, 1.807) is 24.8 Å². The summed E-state index contributed by atoms with van der Waals surface area (Å²) >= 11 is 13.4. The Labute approximate surface area is 230 Å². The molecule has 0 saturated heterocycles. The van der Waals surface area contributed by atoms with Gasteiger partial charge in [-0.15, -0.1) is 0 Å². The summed E-state index contributed by atoms with van der Waals surface area (Å²) in [6.45, 7) is 0. The zero-order valence-corrected chi connectivity index (χ0v) is 22.3. The molecule has 0 saturated carbocycles. The Hall–Kier alpha value is -3.09. The van der Waals surface area contributed by atoms with Gasteiger partial charge in [0.25, 0.3) is 0 Å². The third-order valence-corrected chi connectivity index (χ3v) is 5.45. The van der Waals surface area contributed by atoms with E-state index < -0.39 is 10.4 Å². The minimum atomic E-state index is -4.67. The zero-order valence-electron chi connectivity index (χ0n) is 18.6. The van der Waals surface area contributed by atoms with Gasteiger partial charge in [0.05, 0.1) is 32.1 Å². The van der Waals surface area contributed by atoms with Crippen LogP contribution in [0.25, 0.3) is 43.6 Å². The van der Waals surface area contributed by atoms with Gasteiger partial charge in [0.1, 0.15) is 0 Å². The van der Waals surface area contributed by atoms with Crippen molar-refractivity contribution in [3.63, 3.8) is 0 Å². The third-order valence-electron chi connectivity index (χ3n) is 4.82. The number of benzene rings is 2. The summed E-state index contributed by atoms with van der Waals surface area (Å²) in [5.41, 5.74) is 3.52. The van der Waals surface area contributed by atoms with Gasteiger partial charge in [0.2, 0.25) is 0 Å². The van der Waals surface area contributed by atoms with Crippen LogP contribution in [0, 0.1) is 0 Å². The van der Waals surface area contributed by atoms with Gasteiger partial charge < -0.3 is 0 Å². The van der Waals surface area contributed by atoms with E-state index in [0.29, 0.717) is 0 Å². The molecule has 2 N–H and O–H groups in total. The van der Waals surface area contributed by atoms with E-state index in [-0.39, 0.29) is 0 Å². The Bertz CT molecular complexity index is 1680. The molecule has 0 radical (unpaired) electrons. The molecule has 0 aliphatic carbocycles. The Kier molecular flexibility index (Phi) is 9.96. The number of hydrogen-bond donors (Lipinski definition) is 2. The number of halogens is 2. The van der Waals surface area contributed by atoms with Crippen molar-refractivity contribution >= 4 is 77.2 Å². The van der Waals surface area contributed by atoms with E-state index in [4.69, 9.17) is 44.4 Å². The predicted octanol–water partition coefficient (Wildman–Crippen LogP) is 6.10. The summed E-state index contributed by atoms with van der Waals surface area (Å²) in [5, 5.41) is 5.38. The Morgan fingerprint density at radius 1 is 0.595 bits per heavy atom. The molecule has 2 aromatic carbocycles. The van der Waals surface area contributed by atoms with Crippen LogP contribution in [0.1, 0.15) is 0 Å². The molecule has 9 nitrogen and oxygen atoms in total.